The van der Waals surface area contributed by atoms with Crippen LogP contribution in [-0.2, 0) is 6.54 Å². The van der Waals surface area contributed by atoms with E-state index in [0.717, 1.165) is 28.4 Å². The van der Waals surface area contributed by atoms with Crippen molar-refractivity contribution in [1.82, 2.24) is 10.6 Å². The van der Waals surface area contributed by atoms with Gasteiger partial charge in [-0.05, 0) is 48.1 Å². The average Bonchev–Trinajstić information content (AvgIpc) is 3.08. The Kier molecular flexibility index (Phi) is 5.71. The van der Waals surface area contributed by atoms with Crippen LogP contribution in [0.5, 0.6) is 11.5 Å². The molecule has 0 aliphatic carbocycles. The number of thioether (sulfide) groups is 1. The Hall–Kier alpha value is -2.34. The lowest BCUT2D eigenvalue weighted by molar-refractivity contribution is 0.174. The van der Waals surface area contributed by atoms with Crippen LogP contribution < -0.4 is 20.1 Å². The third-order valence-corrected chi connectivity index (χ3v) is 4.82. The predicted molar refractivity (Wildman–Crippen MR) is 99.2 cm³/mol. The van der Waals surface area contributed by atoms with E-state index in [1.54, 1.807) is 11.8 Å². The van der Waals surface area contributed by atoms with Gasteiger partial charge in [-0.15, -0.1) is 11.8 Å². The first kappa shape index (κ1) is 17.5. The maximum Gasteiger partial charge on any atom is 0.315 e. The number of hydrogen-bond donors (Lipinski definition) is 2. The van der Waals surface area contributed by atoms with E-state index in [-0.39, 0.29) is 18.9 Å². The Morgan fingerprint density at radius 1 is 1.16 bits per heavy atom. The Labute approximate surface area is 152 Å². The summed E-state index contributed by atoms with van der Waals surface area (Å²) in [6.07, 6.45) is 0. The first-order valence-corrected chi connectivity index (χ1v) is 9.30. The molecule has 0 saturated carbocycles. The lowest BCUT2D eigenvalue weighted by Gasteiger charge is -2.15. The van der Waals surface area contributed by atoms with Gasteiger partial charge in [-0.1, -0.05) is 25.1 Å². The number of ether oxygens (including phenoxy) is 2. The van der Waals surface area contributed by atoms with Crippen LogP contribution in [0.15, 0.2) is 47.4 Å². The number of rotatable bonds is 6. The summed E-state index contributed by atoms with van der Waals surface area (Å²) in [4.78, 5) is 13.4. The second kappa shape index (κ2) is 8.16. The molecule has 132 valence electrons. The first-order chi connectivity index (χ1) is 12.2. The molecule has 5 nitrogen and oxygen atoms in total. The maximum absolute atomic E-state index is 12.1. The summed E-state index contributed by atoms with van der Waals surface area (Å²) >= 11 is 1.80. The van der Waals surface area contributed by atoms with Crippen LogP contribution in [0.4, 0.5) is 4.79 Å². The maximum atomic E-state index is 12.1. The Morgan fingerprint density at radius 3 is 2.68 bits per heavy atom. The van der Waals surface area contributed by atoms with Crippen molar-refractivity contribution in [3.8, 4) is 11.5 Å². The normalized spacial score (nSPS) is 13.4. The molecular weight excluding hydrogens is 336 g/mol. The summed E-state index contributed by atoms with van der Waals surface area (Å²) < 4.78 is 10.6. The SMILES string of the molecule is CCSc1ccc(C(C)NC(=O)NCc2ccc3c(c2)OCO3)cc1. The van der Waals surface area contributed by atoms with Crippen molar-refractivity contribution in [3.63, 3.8) is 0 Å². The molecule has 2 N–H and O–H groups in total. The highest BCUT2D eigenvalue weighted by atomic mass is 32.2. The van der Waals surface area contributed by atoms with Gasteiger partial charge in [-0.25, -0.2) is 4.79 Å². The zero-order valence-corrected chi connectivity index (χ0v) is 15.2. The zero-order chi connectivity index (χ0) is 17.6. The van der Waals surface area contributed by atoms with Crippen LogP contribution in [-0.4, -0.2) is 18.6 Å². The molecule has 6 heteroatoms. The van der Waals surface area contributed by atoms with Gasteiger partial charge in [0.05, 0.1) is 6.04 Å². The lowest BCUT2D eigenvalue weighted by atomic mass is 10.1. The third kappa shape index (κ3) is 4.60. The van der Waals surface area contributed by atoms with E-state index in [9.17, 15) is 4.79 Å². The molecule has 0 radical (unpaired) electrons. The minimum Gasteiger partial charge on any atom is -0.454 e. The van der Waals surface area contributed by atoms with Gasteiger partial charge in [0.2, 0.25) is 6.79 Å². The fourth-order valence-corrected chi connectivity index (χ4v) is 3.25. The van der Waals surface area contributed by atoms with Gasteiger partial charge in [-0.2, -0.15) is 0 Å². The summed E-state index contributed by atoms with van der Waals surface area (Å²) in [6, 6.07) is 13.7. The van der Waals surface area contributed by atoms with Crippen LogP contribution in [0.25, 0.3) is 0 Å². The summed E-state index contributed by atoms with van der Waals surface area (Å²) in [6.45, 7) is 4.79. The van der Waals surface area contributed by atoms with E-state index in [2.05, 4.69) is 41.8 Å². The molecule has 3 rings (SSSR count). The van der Waals surface area contributed by atoms with Crippen LogP contribution in [0, 0.1) is 0 Å². The fourth-order valence-electron chi connectivity index (χ4n) is 2.58. The van der Waals surface area contributed by atoms with Gasteiger partial charge in [-0.3, -0.25) is 0 Å². The van der Waals surface area contributed by atoms with Gasteiger partial charge in [0, 0.05) is 11.4 Å². The van der Waals surface area contributed by atoms with Crippen molar-refractivity contribution in [2.75, 3.05) is 12.5 Å². The minimum atomic E-state index is -0.197. The molecule has 2 aromatic carbocycles. The highest BCUT2D eigenvalue weighted by Gasteiger charge is 2.14. The number of benzene rings is 2. The lowest BCUT2D eigenvalue weighted by Crippen LogP contribution is -2.36. The minimum absolute atomic E-state index is 0.0579. The average molecular weight is 358 g/mol. The highest BCUT2D eigenvalue weighted by Crippen LogP contribution is 2.32. The molecule has 0 saturated heterocycles. The molecule has 0 spiro atoms. The topological polar surface area (TPSA) is 59.6 Å². The van der Waals surface area contributed by atoms with Gasteiger partial charge in [0.1, 0.15) is 0 Å². The quantitative estimate of drug-likeness (QED) is 0.764. The van der Waals surface area contributed by atoms with Gasteiger partial charge < -0.3 is 20.1 Å². The van der Waals surface area contributed by atoms with Crippen molar-refractivity contribution in [2.45, 2.75) is 31.3 Å². The molecular formula is C19H22N2O3S. The summed E-state index contributed by atoms with van der Waals surface area (Å²) in [5.41, 5.74) is 2.05. The van der Waals surface area contributed by atoms with E-state index in [0.29, 0.717) is 6.54 Å². The predicted octanol–water partition coefficient (Wildman–Crippen LogP) is 4.09. The third-order valence-electron chi connectivity index (χ3n) is 3.93. The standard InChI is InChI=1S/C19H22N2O3S/c1-3-25-16-7-5-15(6-8-16)13(2)21-19(22)20-11-14-4-9-17-18(10-14)24-12-23-17/h4-10,13H,3,11-12H2,1-2H3,(H2,20,21,22). The van der Waals surface area contributed by atoms with Crippen LogP contribution in [0.2, 0.25) is 0 Å². The zero-order valence-electron chi connectivity index (χ0n) is 14.4. The summed E-state index contributed by atoms with van der Waals surface area (Å²) in [7, 11) is 0. The number of nitrogens with one attached hydrogen (secondary N) is 2. The second-order valence-electron chi connectivity index (χ2n) is 5.74. The molecule has 0 fully saturated rings. The number of fused-ring (bicyclic) bond motifs is 1. The van der Waals surface area contributed by atoms with Crippen LogP contribution >= 0.6 is 11.8 Å². The van der Waals surface area contributed by atoms with E-state index in [1.807, 2.05) is 25.1 Å². The van der Waals surface area contributed by atoms with E-state index in [4.69, 9.17) is 9.47 Å². The Morgan fingerprint density at radius 2 is 1.92 bits per heavy atom. The molecule has 1 aliphatic heterocycles. The van der Waals surface area contributed by atoms with Crippen LogP contribution in [0.3, 0.4) is 0 Å². The molecule has 1 aliphatic rings. The highest BCUT2D eigenvalue weighted by molar-refractivity contribution is 7.99. The number of urea groups is 1. The Bertz CT molecular complexity index is 734. The van der Waals surface area contributed by atoms with Crippen molar-refractivity contribution >= 4 is 17.8 Å². The van der Waals surface area contributed by atoms with Gasteiger partial charge in [0.25, 0.3) is 0 Å². The smallest absolute Gasteiger partial charge is 0.315 e. The first-order valence-electron chi connectivity index (χ1n) is 8.31. The largest absolute Gasteiger partial charge is 0.454 e. The van der Waals surface area contributed by atoms with E-state index >= 15 is 0 Å². The number of carbonyl (C=O) groups is 1. The molecule has 25 heavy (non-hydrogen) atoms. The Balaban J connectivity index is 1.50. The summed E-state index contributed by atoms with van der Waals surface area (Å²) in [5, 5.41) is 5.83. The monoisotopic (exact) mass is 358 g/mol. The molecule has 0 aromatic heterocycles. The number of hydrogen-bond acceptors (Lipinski definition) is 4. The molecule has 1 unspecified atom stereocenters. The van der Waals surface area contributed by atoms with Crippen molar-refractivity contribution in [2.24, 2.45) is 0 Å². The van der Waals surface area contributed by atoms with Crippen molar-refractivity contribution in [1.29, 1.82) is 0 Å². The van der Waals surface area contributed by atoms with Gasteiger partial charge in [0.15, 0.2) is 11.5 Å². The molecule has 1 heterocycles. The molecule has 2 amide bonds. The van der Waals surface area contributed by atoms with E-state index < -0.39 is 0 Å². The summed E-state index contributed by atoms with van der Waals surface area (Å²) in [5.74, 6) is 2.51. The molecule has 0 bridgehead atoms. The van der Waals surface area contributed by atoms with Crippen molar-refractivity contribution in [3.05, 3.63) is 53.6 Å². The van der Waals surface area contributed by atoms with Crippen LogP contribution in [0.1, 0.15) is 31.0 Å². The molecule has 1 atom stereocenters. The van der Waals surface area contributed by atoms with E-state index in [1.165, 1.54) is 4.90 Å². The fraction of sp³-hybridized carbons (Fsp3) is 0.316. The number of carbonyl (C=O) groups excluding carboxylic acids is 1. The molecule has 2 aromatic rings. The number of amides is 2. The van der Waals surface area contributed by atoms with Gasteiger partial charge >= 0.3 is 6.03 Å². The second-order valence-corrected chi connectivity index (χ2v) is 7.08. The van der Waals surface area contributed by atoms with Crippen molar-refractivity contribution < 1.29 is 14.3 Å².